The number of sulfonamides is 1. The van der Waals surface area contributed by atoms with Crippen molar-refractivity contribution in [3.63, 3.8) is 0 Å². The fourth-order valence-electron chi connectivity index (χ4n) is 2.28. The van der Waals surface area contributed by atoms with Gasteiger partial charge in [0, 0.05) is 18.2 Å². The predicted molar refractivity (Wildman–Crippen MR) is 86.2 cm³/mol. The fourth-order valence-corrected chi connectivity index (χ4v) is 3.34. The van der Waals surface area contributed by atoms with Crippen LogP contribution < -0.4 is 14.2 Å². The molecule has 0 bridgehead atoms. The van der Waals surface area contributed by atoms with E-state index in [1.54, 1.807) is 0 Å². The lowest BCUT2D eigenvalue weighted by Gasteiger charge is -2.12. The van der Waals surface area contributed by atoms with Crippen LogP contribution in [0.15, 0.2) is 41.3 Å². The van der Waals surface area contributed by atoms with Crippen LogP contribution in [0.5, 0.6) is 11.5 Å². The summed E-state index contributed by atoms with van der Waals surface area (Å²) < 4.78 is 51.5. The molecule has 1 heterocycles. The number of ether oxygens (including phenoxy) is 2. The summed E-state index contributed by atoms with van der Waals surface area (Å²) in [4.78, 5) is 10.9. The van der Waals surface area contributed by atoms with E-state index < -0.39 is 27.4 Å². The average Bonchev–Trinajstić information content (AvgIpc) is 2.80. The highest BCUT2D eigenvalue weighted by Crippen LogP contribution is 2.32. The van der Waals surface area contributed by atoms with Gasteiger partial charge in [0.15, 0.2) is 11.5 Å². The van der Waals surface area contributed by atoms with Crippen LogP contribution in [0.3, 0.4) is 0 Å². The van der Waals surface area contributed by atoms with Gasteiger partial charge in [-0.25, -0.2) is 17.6 Å². The van der Waals surface area contributed by atoms with Crippen molar-refractivity contribution in [3.8, 4) is 11.5 Å². The summed E-state index contributed by atoms with van der Waals surface area (Å²) in [5.74, 6) is -1.68. The summed E-state index contributed by atoms with van der Waals surface area (Å²) in [6, 6.07) is 7.10. The maximum absolute atomic E-state index is 13.4. The number of fused-ring (bicyclic) bond motifs is 1. The molecule has 9 heteroatoms. The number of carbonyl (C=O) groups is 1. The summed E-state index contributed by atoms with van der Waals surface area (Å²) in [5, 5.41) is 8.92. The number of carboxylic acids is 1. The number of anilines is 1. The Hall–Kier alpha value is -2.81. The highest BCUT2D eigenvalue weighted by atomic mass is 32.2. The maximum Gasteiger partial charge on any atom is 0.338 e. The highest BCUT2D eigenvalue weighted by Gasteiger charge is 2.20. The number of nitrogens with one attached hydrogen (secondary N) is 1. The van der Waals surface area contributed by atoms with Crippen molar-refractivity contribution in [3.05, 3.63) is 47.8 Å². The molecule has 132 valence electrons. The second kappa shape index (κ2) is 6.60. The zero-order valence-corrected chi connectivity index (χ0v) is 13.7. The first-order valence-corrected chi connectivity index (χ1v) is 8.80. The summed E-state index contributed by atoms with van der Waals surface area (Å²) in [7, 11) is -4.01. The maximum atomic E-state index is 13.4. The molecule has 1 aliphatic rings. The topological polar surface area (TPSA) is 102 Å². The first-order valence-electron chi connectivity index (χ1n) is 7.32. The molecule has 7 nitrogen and oxygen atoms in total. The number of rotatable bonds is 4. The van der Waals surface area contributed by atoms with Gasteiger partial charge in [0.25, 0.3) is 10.0 Å². The van der Waals surface area contributed by atoms with Crippen molar-refractivity contribution in [1.82, 2.24) is 0 Å². The molecule has 2 aromatic rings. The molecule has 0 atom stereocenters. The first kappa shape index (κ1) is 17.0. The average molecular weight is 367 g/mol. The fraction of sp³-hybridized carbons (Fsp3) is 0.188. The smallest absolute Gasteiger partial charge is 0.338 e. The van der Waals surface area contributed by atoms with Gasteiger partial charge in [0.05, 0.1) is 23.7 Å². The van der Waals surface area contributed by atoms with Crippen LogP contribution in [-0.4, -0.2) is 32.7 Å². The van der Waals surface area contributed by atoms with E-state index >= 15 is 0 Å². The standard InChI is InChI=1S/C16H14FNO6S/c17-13-4-2-10(8-12(13)16(19)20)18-25(21,22)11-3-5-14-15(9-11)24-7-1-6-23-14/h2-5,8-9,18H,1,6-7H2,(H,19,20). The molecule has 0 aromatic heterocycles. The van der Waals surface area contributed by atoms with E-state index in [0.717, 1.165) is 18.2 Å². The number of benzene rings is 2. The van der Waals surface area contributed by atoms with Crippen LogP contribution in [-0.2, 0) is 10.0 Å². The van der Waals surface area contributed by atoms with E-state index in [4.69, 9.17) is 14.6 Å². The van der Waals surface area contributed by atoms with Gasteiger partial charge in [0.2, 0.25) is 0 Å². The summed E-state index contributed by atoms with van der Waals surface area (Å²) in [6.07, 6.45) is 0.683. The van der Waals surface area contributed by atoms with Gasteiger partial charge in [-0.2, -0.15) is 0 Å². The number of hydrogen-bond donors (Lipinski definition) is 2. The Kier molecular flexibility index (Phi) is 4.49. The van der Waals surface area contributed by atoms with Crippen molar-refractivity contribution in [2.75, 3.05) is 17.9 Å². The Bertz CT molecular complexity index is 928. The minimum absolute atomic E-state index is 0.0640. The quantitative estimate of drug-likeness (QED) is 0.861. The minimum atomic E-state index is -4.01. The SMILES string of the molecule is O=C(O)c1cc(NS(=O)(=O)c2ccc3c(c2)OCCCO3)ccc1F. The number of hydrogen-bond acceptors (Lipinski definition) is 5. The van der Waals surface area contributed by atoms with Gasteiger partial charge in [-0.05, 0) is 30.3 Å². The minimum Gasteiger partial charge on any atom is -0.490 e. The highest BCUT2D eigenvalue weighted by molar-refractivity contribution is 7.92. The van der Waals surface area contributed by atoms with E-state index in [1.165, 1.54) is 18.2 Å². The largest absolute Gasteiger partial charge is 0.490 e. The van der Waals surface area contributed by atoms with Gasteiger partial charge >= 0.3 is 5.97 Å². The van der Waals surface area contributed by atoms with E-state index in [1.807, 2.05) is 0 Å². The Balaban J connectivity index is 1.91. The first-order chi connectivity index (χ1) is 11.9. The van der Waals surface area contributed by atoms with Crippen molar-refractivity contribution in [2.24, 2.45) is 0 Å². The van der Waals surface area contributed by atoms with Gasteiger partial charge in [0.1, 0.15) is 5.82 Å². The van der Waals surface area contributed by atoms with Crippen molar-refractivity contribution >= 4 is 21.7 Å². The third-order valence-electron chi connectivity index (χ3n) is 3.48. The van der Waals surface area contributed by atoms with Crippen LogP contribution in [0.4, 0.5) is 10.1 Å². The predicted octanol–water partition coefficient (Wildman–Crippen LogP) is 2.49. The van der Waals surface area contributed by atoms with E-state index in [9.17, 15) is 17.6 Å². The molecule has 0 aliphatic carbocycles. The molecule has 0 unspecified atom stereocenters. The van der Waals surface area contributed by atoms with Gasteiger partial charge < -0.3 is 14.6 Å². The second-order valence-electron chi connectivity index (χ2n) is 5.26. The molecule has 25 heavy (non-hydrogen) atoms. The molecule has 0 spiro atoms. The van der Waals surface area contributed by atoms with E-state index in [2.05, 4.69) is 4.72 Å². The van der Waals surface area contributed by atoms with Crippen molar-refractivity contribution in [2.45, 2.75) is 11.3 Å². The lowest BCUT2D eigenvalue weighted by atomic mass is 10.2. The summed E-state index contributed by atoms with van der Waals surface area (Å²) >= 11 is 0. The zero-order chi connectivity index (χ0) is 18.0. The molecule has 0 fully saturated rings. The summed E-state index contributed by atoms with van der Waals surface area (Å²) in [5.41, 5.74) is -0.690. The summed E-state index contributed by atoms with van der Waals surface area (Å²) in [6.45, 7) is 0.884. The van der Waals surface area contributed by atoms with E-state index in [0.29, 0.717) is 31.1 Å². The van der Waals surface area contributed by atoms with E-state index in [-0.39, 0.29) is 10.6 Å². The third kappa shape index (κ3) is 3.66. The zero-order valence-electron chi connectivity index (χ0n) is 12.9. The molecule has 3 rings (SSSR count). The Labute approximate surface area is 143 Å². The lowest BCUT2D eigenvalue weighted by Crippen LogP contribution is -2.14. The number of carboxylic acid groups (broad SMARTS) is 1. The molecule has 0 saturated heterocycles. The van der Waals surface area contributed by atoms with Crippen LogP contribution in [0, 0.1) is 5.82 Å². The molecule has 1 aliphatic heterocycles. The normalized spacial score (nSPS) is 13.8. The molecule has 0 amide bonds. The van der Waals surface area contributed by atoms with Crippen molar-refractivity contribution in [1.29, 1.82) is 0 Å². The van der Waals surface area contributed by atoms with Gasteiger partial charge in [-0.1, -0.05) is 0 Å². The number of halogens is 1. The van der Waals surface area contributed by atoms with Gasteiger partial charge in [-0.15, -0.1) is 0 Å². The Morgan fingerprint density at radius 2 is 1.80 bits per heavy atom. The lowest BCUT2D eigenvalue weighted by molar-refractivity contribution is 0.0692. The van der Waals surface area contributed by atoms with Crippen molar-refractivity contribution < 1.29 is 32.2 Å². The molecular weight excluding hydrogens is 353 g/mol. The Morgan fingerprint density at radius 3 is 2.52 bits per heavy atom. The van der Waals surface area contributed by atoms with Crippen LogP contribution in [0.1, 0.15) is 16.8 Å². The van der Waals surface area contributed by atoms with Crippen LogP contribution in [0.2, 0.25) is 0 Å². The third-order valence-corrected chi connectivity index (χ3v) is 4.86. The van der Waals surface area contributed by atoms with Gasteiger partial charge in [-0.3, -0.25) is 4.72 Å². The molecule has 0 saturated carbocycles. The molecule has 0 radical (unpaired) electrons. The molecule has 2 N–H and O–H groups in total. The van der Waals surface area contributed by atoms with Crippen LogP contribution in [0.25, 0.3) is 0 Å². The van der Waals surface area contributed by atoms with Crippen LogP contribution >= 0.6 is 0 Å². The Morgan fingerprint density at radius 1 is 1.08 bits per heavy atom. The molecule has 2 aromatic carbocycles. The number of aromatic carboxylic acids is 1. The molecular formula is C16H14FNO6S. The monoisotopic (exact) mass is 367 g/mol. The second-order valence-corrected chi connectivity index (χ2v) is 6.95.